The fourth-order valence-electron chi connectivity index (χ4n) is 1.80. The minimum atomic E-state index is -0.469. The summed E-state index contributed by atoms with van der Waals surface area (Å²) in [7, 11) is 0. The molecule has 3 rings (SSSR count). The molecule has 7 nitrogen and oxygen atoms in total. The molecule has 0 bridgehead atoms. The second kappa shape index (κ2) is 6.76. The number of hydrogen-bond donors (Lipinski definition) is 0. The van der Waals surface area contributed by atoms with Crippen LogP contribution in [0.4, 0.5) is 5.69 Å². The Morgan fingerprint density at radius 2 is 2.17 bits per heavy atom. The predicted molar refractivity (Wildman–Crippen MR) is 85.2 cm³/mol. The van der Waals surface area contributed by atoms with Crippen LogP contribution in [0.1, 0.15) is 5.89 Å². The van der Waals surface area contributed by atoms with Crippen molar-refractivity contribution in [3.8, 4) is 11.4 Å². The predicted octanol–water partition coefficient (Wildman–Crippen LogP) is 3.99. The van der Waals surface area contributed by atoms with E-state index in [1.54, 1.807) is 30.5 Å². The maximum absolute atomic E-state index is 10.8. The number of nitro benzene ring substituents is 1. The van der Waals surface area contributed by atoms with Crippen LogP contribution in [-0.2, 0) is 5.75 Å². The van der Waals surface area contributed by atoms with E-state index in [0.717, 1.165) is 0 Å². The zero-order valence-corrected chi connectivity index (χ0v) is 13.1. The molecule has 0 aliphatic heterocycles. The van der Waals surface area contributed by atoms with E-state index in [4.69, 9.17) is 16.1 Å². The van der Waals surface area contributed by atoms with E-state index in [0.29, 0.717) is 33.1 Å². The number of benzene rings is 1. The van der Waals surface area contributed by atoms with E-state index in [2.05, 4.69) is 15.1 Å². The van der Waals surface area contributed by atoms with Crippen LogP contribution in [0.5, 0.6) is 0 Å². The summed E-state index contributed by atoms with van der Waals surface area (Å²) in [5.41, 5.74) is 0.499. The summed E-state index contributed by atoms with van der Waals surface area (Å²) >= 11 is 7.39. The highest BCUT2D eigenvalue weighted by Crippen LogP contribution is 2.28. The normalized spacial score (nSPS) is 10.7. The monoisotopic (exact) mass is 348 g/mol. The first-order valence-corrected chi connectivity index (χ1v) is 7.80. The van der Waals surface area contributed by atoms with Crippen molar-refractivity contribution in [2.24, 2.45) is 0 Å². The van der Waals surface area contributed by atoms with Gasteiger partial charge in [0, 0.05) is 23.9 Å². The molecule has 2 heterocycles. The Labute approximate surface area is 139 Å². The van der Waals surface area contributed by atoms with E-state index in [1.165, 1.54) is 23.9 Å². The number of non-ortho nitro benzene ring substituents is 1. The first-order chi connectivity index (χ1) is 11.1. The maximum Gasteiger partial charge on any atom is 0.270 e. The van der Waals surface area contributed by atoms with Gasteiger partial charge in [-0.3, -0.25) is 10.1 Å². The summed E-state index contributed by atoms with van der Waals surface area (Å²) in [5, 5.41) is 15.9. The largest absolute Gasteiger partial charge is 0.338 e. The number of halogens is 1. The molecule has 0 aliphatic carbocycles. The zero-order valence-electron chi connectivity index (χ0n) is 11.5. The summed E-state index contributed by atoms with van der Waals surface area (Å²) in [6, 6.07) is 9.57. The average molecular weight is 349 g/mol. The van der Waals surface area contributed by atoms with Gasteiger partial charge < -0.3 is 4.52 Å². The number of hydrogen-bond acceptors (Lipinski definition) is 7. The van der Waals surface area contributed by atoms with Gasteiger partial charge in [-0.25, -0.2) is 4.98 Å². The van der Waals surface area contributed by atoms with Gasteiger partial charge in [-0.2, -0.15) is 4.98 Å². The van der Waals surface area contributed by atoms with Crippen molar-refractivity contribution in [2.75, 3.05) is 0 Å². The van der Waals surface area contributed by atoms with Crippen LogP contribution in [0.25, 0.3) is 11.4 Å². The molecule has 23 heavy (non-hydrogen) atoms. The van der Waals surface area contributed by atoms with Gasteiger partial charge in [0.05, 0.1) is 15.7 Å². The lowest BCUT2D eigenvalue weighted by Gasteiger charge is -1.98. The van der Waals surface area contributed by atoms with E-state index in [9.17, 15) is 10.1 Å². The Kier molecular flexibility index (Phi) is 4.54. The van der Waals surface area contributed by atoms with Crippen molar-refractivity contribution in [3.05, 3.63) is 63.6 Å². The van der Waals surface area contributed by atoms with Crippen molar-refractivity contribution in [3.63, 3.8) is 0 Å². The number of thioether (sulfide) groups is 1. The van der Waals surface area contributed by atoms with E-state index < -0.39 is 4.92 Å². The SMILES string of the molecule is O=[N+]([O-])c1cccc(-c2noc(CSc3ncccc3Cl)n2)c1. The highest BCUT2D eigenvalue weighted by molar-refractivity contribution is 7.98. The molecule has 0 fully saturated rings. The van der Waals surface area contributed by atoms with Crippen LogP contribution < -0.4 is 0 Å². The number of pyridine rings is 1. The third-order valence-electron chi connectivity index (χ3n) is 2.84. The van der Waals surface area contributed by atoms with Crippen molar-refractivity contribution < 1.29 is 9.45 Å². The van der Waals surface area contributed by atoms with E-state index >= 15 is 0 Å². The highest BCUT2D eigenvalue weighted by atomic mass is 35.5. The van der Waals surface area contributed by atoms with Crippen molar-refractivity contribution in [2.45, 2.75) is 10.8 Å². The minimum absolute atomic E-state index is 0.0245. The van der Waals surface area contributed by atoms with Crippen LogP contribution in [0.2, 0.25) is 5.02 Å². The molecule has 0 radical (unpaired) electrons. The summed E-state index contributed by atoms with van der Waals surface area (Å²) < 4.78 is 5.16. The Balaban J connectivity index is 1.74. The lowest BCUT2D eigenvalue weighted by atomic mass is 10.2. The maximum atomic E-state index is 10.8. The fraction of sp³-hybridized carbons (Fsp3) is 0.0714. The molecule has 0 saturated heterocycles. The number of nitro groups is 1. The number of aromatic nitrogens is 3. The molecule has 116 valence electrons. The average Bonchev–Trinajstić information content (AvgIpc) is 3.03. The van der Waals surface area contributed by atoms with Crippen LogP contribution in [0.3, 0.4) is 0 Å². The molecule has 0 saturated carbocycles. The molecule has 0 N–H and O–H groups in total. The quantitative estimate of drug-likeness (QED) is 0.391. The smallest absolute Gasteiger partial charge is 0.270 e. The van der Waals surface area contributed by atoms with Crippen LogP contribution >= 0.6 is 23.4 Å². The summed E-state index contributed by atoms with van der Waals surface area (Å²) in [5.74, 6) is 1.09. The van der Waals surface area contributed by atoms with Crippen molar-refractivity contribution >= 4 is 29.1 Å². The van der Waals surface area contributed by atoms with Gasteiger partial charge in [-0.15, -0.1) is 0 Å². The molecule has 3 aromatic rings. The Morgan fingerprint density at radius 3 is 2.96 bits per heavy atom. The first kappa shape index (κ1) is 15.4. The highest BCUT2D eigenvalue weighted by Gasteiger charge is 2.13. The topological polar surface area (TPSA) is 95.0 Å². The molecule has 9 heteroatoms. The van der Waals surface area contributed by atoms with Gasteiger partial charge in [0.25, 0.3) is 5.69 Å². The Hall–Kier alpha value is -2.45. The molecule has 0 amide bonds. The van der Waals surface area contributed by atoms with Crippen LogP contribution in [0.15, 0.2) is 52.1 Å². The van der Waals surface area contributed by atoms with Crippen LogP contribution in [0, 0.1) is 10.1 Å². The van der Waals surface area contributed by atoms with E-state index in [1.807, 2.05) is 0 Å². The molecule has 0 spiro atoms. The lowest BCUT2D eigenvalue weighted by molar-refractivity contribution is -0.384. The molecule has 0 unspecified atom stereocenters. The van der Waals surface area contributed by atoms with Crippen molar-refractivity contribution in [1.82, 2.24) is 15.1 Å². The first-order valence-electron chi connectivity index (χ1n) is 6.44. The van der Waals surface area contributed by atoms with Gasteiger partial charge >= 0.3 is 0 Å². The van der Waals surface area contributed by atoms with Gasteiger partial charge in [-0.05, 0) is 12.1 Å². The van der Waals surface area contributed by atoms with Gasteiger partial charge in [0.15, 0.2) is 0 Å². The molecule has 0 aliphatic rings. The minimum Gasteiger partial charge on any atom is -0.338 e. The molecular formula is C14H9ClN4O3S. The molecule has 0 atom stereocenters. The zero-order chi connectivity index (χ0) is 16.2. The standard InChI is InChI=1S/C14H9ClN4O3S/c15-11-5-2-6-16-14(11)23-8-12-17-13(18-22-12)9-3-1-4-10(7-9)19(20)21/h1-7H,8H2. The second-order valence-electron chi connectivity index (χ2n) is 4.40. The van der Waals surface area contributed by atoms with Gasteiger partial charge in [0.1, 0.15) is 5.03 Å². The van der Waals surface area contributed by atoms with Crippen molar-refractivity contribution in [1.29, 1.82) is 0 Å². The second-order valence-corrected chi connectivity index (χ2v) is 5.77. The molecular weight excluding hydrogens is 340 g/mol. The fourth-order valence-corrected chi connectivity index (χ4v) is 2.80. The summed E-state index contributed by atoms with van der Waals surface area (Å²) in [6.45, 7) is 0. The lowest BCUT2D eigenvalue weighted by Crippen LogP contribution is -1.89. The third-order valence-corrected chi connectivity index (χ3v) is 4.25. The van der Waals surface area contributed by atoms with Gasteiger partial charge in [0.2, 0.25) is 11.7 Å². The summed E-state index contributed by atoms with van der Waals surface area (Å²) in [4.78, 5) is 18.7. The van der Waals surface area contributed by atoms with Gasteiger partial charge in [-0.1, -0.05) is 40.7 Å². The van der Waals surface area contributed by atoms with Crippen LogP contribution in [-0.4, -0.2) is 20.0 Å². The Morgan fingerprint density at radius 1 is 1.30 bits per heavy atom. The number of rotatable bonds is 5. The number of nitrogens with zero attached hydrogens (tertiary/aromatic N) is 4. The molecule has 2 aromatic heterocycles. The Bertz CT molecular complexity index is 855. The van der Waals surface area contributed by atoms with E-state index in [-0.39, 0.29) is 5.69 Å². The molecule has 1 aromatic carbocycles. The third kappa shape index (κ3) is 3.66. The summed E-state index contributed by atoms with van der Waals surface area (Å²) in [6.07, 6.45) is 1.65.